The fourth-order valence-electron chi connectivity index (χ4n) is 2.18. The molecule has 0 spiro atoms. The number of carbonyl (C=O) groups is 1. The third kappa shape index (κ3) is 4.02. The number of ether oxygens (including phenoxy) is 1. The van der Waals surface area contributed by atoms with Gasteiger partial charge < -0.3 is 20.3 Å². The second-order valence-corrected chi connectivity index (χ2v) is 6.72. The predicted molar refractivity (Wildman–Crippen MR) is 78.6 cm³/mol. The Morgan fingerprint density at radius 3 is 2.15 bits per heavy atom. The molecule has 2 atom stereocenters. The van der Waals surface area contributed by atoms with Crippen molar-refractivity contribution in [1.82, 2.24) is 9.80 Å². The Hall–Kier alpha value is -1.46. The number of amides is 1. The molecule has 1 amide bonds. The zero-order valence-corrected chi connectivity index (χ0v) is 12.9. The Morgan fingerprint density at radius 1 is 1.20 bits per heavy atom. The Bertz CT molecular complexity index is 394. The van der Waals surface area contributed by atoms with Crippen LogP contribution in [-0.4, -0.2) is 59.7 Å². The van der Waals surface area contributed by atoms with Gasteiger partial charge in [0.1, 0.15) is 5.60 Å². The molecule has 20 heavy (non-hydrogen) atoms. The van der Waals surface area contributed by atoms with Crippen LogP contribution in [0.15, 0.2) is 4.99 Å². The highest BCUT2D eigenvalue weighted by atomic mass is 16.6. The summed E-state index contributed by atoms with van der Waals surface area (Å²) in [6, 6.07) is 0.402. The third-order valence-corrected chi connectivity index (χ3v) is 3.62. The fraction of sp³-hybridized carbons (Fsp3) is 0.857. The van der Waals surface area contributed by atoms with Crippen LogP contribution in [0.3, 0.4) is 0 Å². The molecule has 2 aliphatic rings. The largest absolute Gasteiger partial charge is 0.444 e. The molecule has 0 bridgehead atoms. The smallest absolute Gasteiger partial charge is 0.410 e. The molecule has 1 saturated heterocycles. The molecule has 1 aliphatic carbocycles. The summed E-state index contributed by atoms with van der Waals surface area (Å²) in [5.41, 5.74) is 5.57. The third-order valence-electron chi connectivity index (χ3n) is 3.62. The molecular formula is C14H26N4O2. The van der Waals surface area contributed by atoms with Crippen molar-refractivity contribution in [3.05, 3.63) is 0 Å². The zero-order valence-electron chi connectivity index (χ0n) is 12.9. The van der Waals surface area contributed by atoms with Crippen LogP contribution in [0.1, 0.15) is 34.1 Å². The van der Waals surface area contributed by atoms with Crippen molar-refractivity contribution in [2.45, 2.75) is 45.8 Å². The molecule has 0 aromatic rings. The number of nitrogens with two attached hydrogens (primary N) is 1. The first-order valence-corrected chi connectivity index (χ1v) is 7.32. The molecule has 2 fully saturated rings. The molecule has 0 aromatic heterocycles. The molecule has 1 saturated carbocycles. The molecule has 114 valence electrons. The van der Waals surface area contributed by atoms with Crippen LogP contribution in [0.5, 0.6) is 0 Å². The van der Waals surface area contributed by atoms with Crippen molar-refractivity contribution in [3.8, 4) is 0 Å². The van der Waals surface area contributed by atoms with Gasteiger partial charge in [-0.25, -0.2) is 9.79 Å². The molecule has 2 rings (SSSR count). The minimum Gasteiger partial charge on any atom is -0.444 e. The second-order valence-electron chi connectivity index (χ2n) is 6.72. The van der Waals surface area contributed by atoms with Gasteiger partial charge >= 0.3 is 6.09 Å². The molecule has 0 unspecified atom stereocenters. The van der Waals surface area contributed by atoms with Crippen LogP contribution in [0.25, 0.3) is 0 Å². The van der Waals surface area contributed by atoms with E-state index < -0.39 is 5.60 Å². The second kappa shape index (κ2) is 5.50. The van der Waals surface area contributed by atoms with Crippen LogP contribution in [0, 0.1) is 5.92 Å². The number of hydrogen-bond acceptors (Lipinski definition) is 3. The highest BCUT2D eigenvalue weighted by Crippen LogP contribution is 2.32. The number of hydrogen-bond donors (Lipinski definition) is 1. The number of rotatable bonds is 1. The normalized spacial score (nSPS) is 27.5. The van der Waals surface area contributed by atoms with E-state index in [0.29, 0.717) is 31.0 Å². The van der Waals surface area contributed by atoms with Gasteiger partial charge in [0.05, 0.1) is 6.04 Å². The molecule has 6 heteroatoms. The van der Waals surface area contributed by atoms with E-state index in [-0.39, 0.29) is 6.09 Å². The summed E-state index contributed by atoms with van der Waals surface area (Å²) in [4.78, 5) is 20.2. The number of piperazine rings is 1. The molecule has 1 heterocycles. The highest BCUT2D eigenvalue weighted by Gasteiger charge is 2.33. The highest BCUT2D eigenvalue weighted by molar-refractivity contribution is 5.79. The van der Waals surface area contributed by atoms with Crippen molar-refractivity contribution in [3.63, 3.8) is 0 Å². The van der Waals surface area contributed by atoms with Gasteiger partial charge in [0.25, 0.3) is 0 Å². The van der Waals surface area contributed by atoms with E-state index in [2.05, 4.69) is 11.9 Å². The lowest BCUT2D eigenvalue weighted by molar-refractivity contribution is 0.0186. The quantitative estimate of drug-likeness (QED) is 0.580. The lowest BCUT2D eigenvalue weighted by Gasteiger charge is -2.36. The van der Waals surface area contributed by atoms with Gasteiger partial charge in [-0.3, -0.25) is 0 Å². The van der Waals surface area contributed by atoms with Crippen molar-refractivity contribution >= 4 is 12.1 Å². The number of aliphatic imine (C=N–C) groups is 1. The van der Waals surface area contributed by atoms with E-state index in [0.717, 1.165) is 19.5 Å². The minimum atomic E-state index is -0.448. The molecule has 0 radical (unpaired) electrons. The Balaban J connectivity index is 1.80. The number of carbonyl (C=O) groups excluding carboxylic acids is 1. The summed E-state index contributed by atoms with van der Waals surface area (Å²) in [5, 5.41) is 0. The maximum absolute atomic E-state index is 11.9. The standard InChI is InChI=1S/C14H26N4O2/c1-10-9-11(10)16-12(15)17-5-7-18(8-6-17)13(19)20-14(2,3)4/h10-11H,5-9H2,1-4H3,(H2,15,16)/t10-,11+/m0/s1. The first kappa shape index (κ1) is 14.9. The van der Waals surface area contributed by atoms with Crippen LogP contribution >= 0.6 is 0 Å². The SMILES string of the molecule is C[C@H]1C[C@H]1N=C(N)N1CCN(C(=O)OC(C)(C)C)CC1. The van der Waals surface area contributed by atoms with E-state index in [1.807, 2.05) is 25.7 Å². The maximum atomic E-state index is 11.9. The maximum Gasteiger partial charge on any atom is 0.410 e. The first-order chi connectivity index (χ1) is 9.26. The average Bonchev–Trinajstić information content (AvgIpc) is 3.03. The Labute approximate surface area is 121 Å². The predicted octanol–water partition coefficient (Wildman–Crippen LogP) is 1.26. The van der Waals surface area contributed by atoms with Crippen LogP contribution < -0.4 is 5.73 Å². The van der Waals surface area contributed by atoms with Crippen molar-refractivity contribution in [2.75, 3.05) is 26.2 Å². The number of guanidine groups is 1. The molecule has 1 aliphatic heterocycles. The van der Waals surface area contributed by atoms with E-state index in [1.54, 1.807) is 4.90 Å². The van der Waals surface area contributed by atoms with Gasteiger partial charge in [0, 0.05) is 26.2 Å². The molecule has 2 N–H and O–H groups in total. The lowest BCUT2D eigenvalue weighted by atomic mass is 10.2. The van der Waals surface area contributed by atoms with E-state index in [4.69, 9.17) is 10.5 Å². The van der Waals surface area contributed by atoms with Gasteiger partial charge in [-0.05, 0) is 33.1 Å². The topological polar surface area (TPSA) is 71.2 Å². The van der Waals surface area contributed by atoms with Crippen molar-refractivity contribution in [2.24, 2.45) is 16.6 Å². The van der Waals surface area contributed by atoms with Crippen LogP contribution in [0.4, 0.5) is 4.79 Å². The lowest BCUT2D eigenvalue weighted by Crippen LogP contribution is -2.53. The molecule has 6 nitrogen and oxygen atoms in total. The fourth-order valence-corrected chi connectivity index (χ4v) is 2.18. The average molecular weight is 282 g/mol. The summed E-state index contributed by atoms with van der Waals surface area (Å²) in [5.74, 6) is 1.28. The van der Waals surface area contributed by atoms with Crippen molar-refractivity contribution in [1.29, 1.82) is 0 Å². The van der Waals surface area contributed by atoms with Gasteiger partial charge in [0.15, 0.2) is 5.96 Å². The monoisotopic (exact) mass is 282 g/mol. The number of nitrogens with zero attached hydrogens (tertiary/aromatic N) is 3. The van der Waals surface area contributed by atoms with Gasteiger partial charge in [-0.1, -0.05) is 6.92 Å². The summed E-state index contributed by atoms with van der Waals surface area (Å²) >= 11 is 0. The summed E-state index contributed by atoms with van der Waals surface area (Å²) in [6.07, 6.45) is 0.891. The Morgan fingerprint density at radius 2 is 1.70 bits per heavy atom. The zero-order chi connectivity index (χ0) is 14.9. The van der Waals surface area contributed by atoms with Gasteiger partial charge in [0.2, 0.25) is 0 Å². The van der Waals surface area contributed by atoms with Gasteiger partial charge in [-0.2, -0.15) is 0 Å². The summed E-state index contributed by atoms with van der Waals surface area (Å²) in [7, 11) is 0. The van der Waals surface area contributed by atoms with Crippen LogP contribution in [-0.2, 0) is 4.74 Å². The minimum absolute atomic E-state index is 0.247. The summed E-state index contributed by atoms with van der Waals surface area (Å²) in [6.45, 7) is 10.5. The van der Waals surface area contributed by atoms with Crippen molar-refractivity contribution < 1.29 is 9.53 Å². The Kier molecular flexibility index (Phi) is 4.11. The molecule has 0 aromatic carbocycles. The first-order valence-electron chi connectivity index (χ1n) is 7.32. The van der Waals surface area contributed by atoms with Crippen LogP contribution in [0.2, 0.25) is 0 Å². The van der Waals surface area contributed by atoms with Gasteiger partial charge in [-0.15, -0.1) is 0 Å². The summed E-state index contributed by atoms with van der Waals surface area (Å²) < 4.78 is 5.37. The van der Waals surface area contributed by atoms with E-state index in [1.165, 1.54) is 0 Å². The van der Waals surface area contributed by atoms with E-state index >= 15 is 0 Å². The van der Waals surface area contributed by atoms with E-state index in [9.17, 15) is 4.79 Å². The molecular weight excluding hydrogens is 256 g/mol.